The molecule has 1 N–H and O–H groups in total. The van der Waals surface area contributed by atoms with Gasteiger partial charge in [-0.05, 0) is 37.1 Å². The van der Waals surface area contributed by atoms with Gasteiger partial charge in [0.2, 0.25) is 0 Å². The third-order valence-electron chi connectivity index (χ3n) is 2.93. The molecule has 5 heteroatoms. The van der Waals surface area contributed by atoms with Crippen LogP contribution < -0.4 is 0 Å². The van der Waals surface area contributed by atoms with Crippen LogP contribution in [0.1, 0.15) is 21.5 Å². The van der Waals surface area contributed by atoms with E-state index in [2.05, 4.69) is 0 Å². The van der Waals surface area contributed by atoms with Crippen LogP contribution in [0.4, 0.5) is 0 Å². The lowest BCUT2D eigenvalue weighted by atomic mass is 10.1. The molecule has 104 valence electrons. The third-order valence-corrected chi connectivity index (χ3v) is 2.93. The minimum Gasteiger partial charge on any atom is -0.480 e. The SMILES string of the molecule is COCCN(CC(=O)O)C(=O)c1ccc(C)c(C)c1. The molecule has 1 rings (SSSR count). The van der Waals surface area contributed by atoms with E-state index in [9.17, 15) is 9.59 Å². The van der Waals surface area contributed by atoms with E-state index in [1.807, 2.05) is 19.9 Å². The van der Waals surface area contributed by atoms with Gasteiger partial charge in [-0.3, -0.25) is 9.59 Å². The maximum atomic E-state index is 12.3. The molecule has 0 aliphatic carbocycles. The number of rotatable bonds is 6. The van der Waals surface area contributed by atoms with Gasteiger partial charge in [-0.15, -0.1) is 0 Å². The number of aryl methyl sites for hydroxylation is 2. The fourth-order valence-corrected chi connectivity index (χ4v) is 1.67. The minimum absolute atomic E-state index is 0.258. The second-order valence-corrected chi connectivity index (χ2v) is 4.41. The summed E-state index contributed by atoms with van der Waals surface area (Å²) in [5.74, 6) is -1.32. The maximum absolute atomic E-state index is 12.3. The Bertz CT molecular complexity index is 471. The summed E-state index contributed by atoms with van der Waals surface area (Å²) in [5, 5.41) is 8.84. The lowest BCUT2D eigenvalue weighted by Crippen LogP contribution is -2.38. The number of benzene rings is 1. The van der Waals surface area contributed by atoms with Gasteiger partial charge < -0.3 is 14.7 Å². The fourth-order valence-electron chi connectivity index (χ4n) is 1.67. The highest BCUT2D eigenvalue weighted by molar-refractivity contribution is 5.96. The van der Waals surface area contributed by atoms with E-state index >= 15 is 0 Å². The van der Waals surface area contributed by atoms with E-state index in [4.69, 9.17) is 9.84 Å². The maximum Gasteiger partial charge on any atom is 0.323 e. The Morgan fingerprint density at radius 1 is 1.26 bits per heavy atom. The lowest BCUT2D eigenvalue weighted by Gasteiger charge is -2.20. The number of carboxylic acid groups (broad SMARTS) is 1. The second-order valence-electron chi connectivity index (χ2n) is 4.41. The van der Waals surface area contributed by atoms with Crippen molar-refractivity contribution in [1.82, 2.24) is 4.90 Å². The number of methoxy groups -OCH3 is 1. The number of amides is 1. The first-order valence-corrected chi connectivity index (χ1v) is 6.03. The Morgan fingerprint density at radius 3 is 2.47 bits per heavy atom. The zero-order valence-electron chi connectivity index (χ0n) is 11.5. The van der Waals surface area contributed by atoms with Crippen LogP contribution in [0.25, 0.3) is 0 Å². The lowest BCUT2D eigenvalue weighted by molar-refractivity contribution is -0.137. The monoisotopic (exact) mass is 265 g/mol. The smallest absolute Gasteiger partial charge is 0.323 e. The molecule has 0 spiro atoms. The average Bonchev–Trinajstić information content (AvgIpc) is 2.36. The molecular weight excluding hydrogens is 246 g/mol. The number of carboxylic acids is 1. The van der Waals surface area contributed by atoms with Gasteiger partial charge in [0.25, 0.3) is 5.91 Å². The molecular formula is C14H19NO4. The summed E-state index contributed by atoms with van der Waals surface area (Å²) in [4.78, 5) is 24.3. The average molecular weight is 265 g/mol. The molecule has 0 bridgehead atoms. The van der Waals surface area contributed by atoms with Gasteiger partial charge in [-0.25, -0.2) is 0 Å². The molecule has 0 fully saturated rings. The molecule has 1 aromatic carbocycles. The van der Waals surface area contributed by atoms with E-state index in [-0.39, 0.29) is 19.0 Å². The van der Waals surface area contributed by atoms with Crippen molar-refractivity contribution in [3.63, 3.8) is 0 Å². The molecule has 0 aromatic heterocycles. The van der Waals surface area contributed by atoms with Gasteiger partial charge in [-0.1, -0.05) is 6.07 Å². The van der Waals surface area contributed by atoms with E-state index in [0.29, 0.717) is 12.2 Å². The molecule has 0 heterocycles. The highest BCUT2D eigenvalue weighted by atomic mass is 16.5. The molecule has 19 heavy (non-hydrogen) atoms. The van der Waals surface area contributed by atoms with E-state index < -0.39 is 5.97 Å². The highest BCUT2D eigenvalue weighted by Gasteiger charge is 2.18. The summed E-state index contributed by atoms with van der Waals surface area (Å²) in [5.41, 5.74) is 2.60. The van der Waals surface area contributed by atoms with Crippen molar-refractivity contribution >= 4 is 11.9 Å². The fraction of sp³-hybridized carbons (Fsp3) is 0.429. The molecule has 0 unspecified atom stereocenters. The molecule has 0 radical (unpaired) electrons. The van der Waals surface area contributed by atoms with E-state index in [1.54, 1.807) is 12.1 Å². The van der Waals surface area contributed by atoms with E-state index in [1.165, 1.54) is 12.0 Å². The molecule has 0 atom stereocenters. The Labute approximate surface area is 112 Å². The first kappa shape index (κ1) is 15.2. The minimum atomic E-state index is -1.03. The van der Waals surface area contributed by atoms with Gasteiger partial charge >= 0.3 is 5.97 Å². The topological polar surface area (TPSA) is 66.8 Å². The Kier molecular flexibility index (Phi) is 5.51. The zero-order valence-corrected chi connectivity index (χ0v) is 11.5. The zero-order chi connectivity index (χ0) is 14.4. The Morgan fingerprint density at radius 2 is 1.95 bits per heavy atom. The Hall–Kier alpha value is -1.88. The van der Waals surface area contributed by atoms with Crippen molar-refractivity contribution in [2.75, 3.05) is 26.8 Å². The van der Waals surface area contributed by atoms with Crippen molar-refractivity contribution in [2.24, 2.45) is 0 Å². The number of hydrogen-bond acceptors (Lipinski definition) is 3. The second kappa shape index (κ2) is 6.89. The number of ether oxygens (including phenoxy) is 1. The number of carbonyl (C=O) groups excluding carboxylic acids is 1. The van der Waals surface area contributed by atoms with Gasteiger partial charge in [0, 0.05) is 19.2 Å². The first-order chi connectivity index (χ1) is 8.95. The van der Waals surface area contributed by atoms with Crippen LogP contribution in [0.15, 0.2) is 18.2 Å². The van der Waals surface area contributed by atoms with Crippen LogP contribution in [-0.4, -0.2) is 48.7 Å². The highest BCUT2D eigenvalue weighted by Crippen LogP contribution is 2.12. The first-order valence-electron chi connectivity index (χ1n) is 6.03. The van der Waals surface area contributed by atoms with Crippen molar-refractivity contribution in [2.45, 2.75) is 13.8 Å². The number of nitrogens with zero attached hydrogens (tertiary/aromatic N) is 1. The van der Waals surface area contributed by atoms with Gasteiger partial charge in [0.1, 0.15) is 6.54 Å². The largest absolute Gasteiger partial charge is 0.480 e. The summed E-state index contributed by atoms with van der Waals surface area (Å²) in [6.45, 7) is 4.12. The summed E-state index contributed by atoms with van der Waals surface area (Å²) in [7, 11) is 1.51. The van der Waals surface area contributed by atoms with Crippen molar-refractivity contribution in [1.29, 1.82) is 0 Å². The van der Waals surface area contributed by atoms with Gasteiger partial charge in [0.05, 0.1) is 6.61 Å². The molecule has 5 nitrogen and oxygen atoms in total. The quantitative estimate of drug-likeness (QED) is 0.846. The van der Waals surface area contributed by atoms with Crippen molar-refractivity contribution in [3.8, 4) is 0 Å². The Balaban J connectivity index is 2.90. The van der Waals surface area contributed by atoms with Crippen LogP contribution in [0.2, 0.25) is 0 Å². The molecule has 0 aliphatic rings. The van der Waals surface area contributed by atoms with E-state index in [0.717, 1.165) is 11.1 Å². The van der Waals surface area contributed by atoms with Crippen molar-refractivity contribution in [3.05, 3.63) is 34.9 Å². The van der Waals surface area contributed by atoms with Crippen LogP contribution in [0.5, 0.6) is 0 Å². The summed E-state index contributed by atoms with van der Waals surface area (Å²) < 4.78 is 4.90. The van der Waals surface area contributed by atoms with Crippen LogP contribution in [0, 0.1) is 13.8 Å². The van der Waals surface area contributed by atoms with Crippen LogP contribution in [-0.2, 0) is 9.53 Å². The van der Waals surface area contributed by atoms with Gasteiger partial charge in [0.15, 0.2) is 0 Å². The van der Waals surface area contributed by atoms with Crippen LogP contribution >= 0.6 is 0 Å². The molecule has 1 amide bonds. The van der Waals surface area contributed by atoms with Crippen LogP contribution in [0.3, 0.4) is 0 Å². The third kappa shape index (κ3) is 4.37. The standard InChI is InChI=1S/C14H19NO4/c1-10-4-5-12(8-11(10)2)14(18)15(6-7-19-3)9-13(16)17/h4-5,8H,6-7,9H2,1-3H3,(H,16,17). The number of hydrogen-bond donors (Lipinski definition) is 1. The summed E-state index contributed by atoms with van der Waals surface area (Å²) >= 11 is 0. The molecule has 0 saturated carbocycles. The molecule has 0 aliphatic heterocycles. The van der Waals surface area contributed by atoms with Gasteiger partial charge in [-0.2, -0.15) is 0 Å². The number of aliphatic carboxylic acids is 1. The predicted molar refractivity (Wildman–Crippen MR) is 71.3 cm³/mol. The number of carbonyl (C=O) groups is 2. The molecule has 0 saturated heterocycles. The summed E-state index contributed by atoms with van der Waals surface area (Å²) in [6.07, 6.45) is 0. The predicted octanol–water partition coefficient (Wildman–Crippen LogP) is 1.48. The summed E-state index contributed by atoms with van der Waals surface area (Å²) in [6, 6.07) is 5.35. The van der Waals surface area contributed by atoms with Crippen molar-refractivity contribution < 1.29 is 19.4 Å². The normalized spacial score (nSPS) is 10.3. The molecule has 1 aromatic rings.